The third-order valence-electron chi connectivity index (χ3n) is 9.05. The summed E-state index contributed by atoms with van der Waals surface area (Å²) in [5, 5.41) is 30.8. The lowest BCUT2D eigenvalue weighted by Crippen LogP contribution is -2.60. The Hall–Kier alpha value is -3.17. The molecule has 0 radical (unpaired) electrons. The summed E-state index contributed by atoms with van der Waals surface area (Å²) in [6, 6.07) is 0. The van der Waals surface area contributed by atoms with Gasteiger partial charge in [-0.1, -0.05) is 131 Å². The minimum absolute atomic E-state index is 0.124. The van der Waals surface area contributed by atoms with Crippen LogP contribution < -0.4 is 0 Å². The number of ether oxygens (including phenoxy) is 4. The van der Waals surface area contributed by atoms with E-state index in [4.69, 9.17) is 18.9 Å². The summed E-state index contributed by atoms with van der Waals surface area (Å²) in [7, 11) is -4.61. The molecule has 0 aromatic carbocycles. The molecule has 1 aliphatic rings. The average Bonchev–Trinajstić information content (AvgIpc) is 3.18. The highest BCUT2D eigenvalue weighted by molar-refractivity contribution is 7.85. The van der Waals surface area contributed by atoms with Gasteiger partial charge in [0.15, 0.2) is 12.4 Å². The Labute approximate surface area is 348 Å². The Morgan fingerprint density at radius 1 is 0.621 bits per heavy atom. The molecule has 58 heavy (non-hydrogen) atoms. The van der Waals surface area contributed by atoms with Crippen LogP contribution in [0, 0.1) is 0 Å². The molecule has 13 heteroatoms. The van der Waals surface area contributed by atoms with E-state index in [0.717, 1.165) is 70.6 Å². The predicted octanol–water partition coefficient (Wildman–Crippen LogP) is 8.11. The molecule has 1 aliphatic heterocycles. The van der Waals surface area contributed by atoms with Crippen molar-refractivity contribution >= 4 is 22.1 Å². The number of allylic oxidation sites excluding steroid dienone is 14. The van der Waals surface area contributed by atoms with Crippen molar-refractivity contribution < 1.29 is 56.8 Å². The molecule has 0 aromatic rings. The Morgan fingerprint density at radius 2 is 1.16 bits per heavy atom. The van der Waals surface area contributed by atoms with Crippen molar-refractivity contribution in [3.05, 3.63) is 85.1 Å². The molecule has 330 valence electrons. The summed E-state index contributed by atoms with van der Waals surface area (Å²) in [6.45, 7) is 3.51. The van der Waals surface area contributed by atoms with Crippen molar-refractivity contribution in [2.75, 3.05) is 19.0 Å². The lowest BCUT2D eigenvalue weighted by Gasteiger charge is -2.40. The van der Waals surface area contributed by atoms with Gasteiger partial charge in [-0.25, -0.2) is 0 Å². The zero-order chi connectivity index (χ0) is 42.7. The first-order valence-electron chi connectivity index (χ1n) is 21.2. The summed E-state index contributed by atoms with van der Waals surface area (Å²) in [5.74, 6) is -2.08. The number of rotatable bonds is 33. The van der Waals surface area contributed by atoms with Crippen LogP contribution in [0.4, 0.5) is 0 Å². The van der Waals surface area contributed by atoms with E-state index in [9.17, 15) is 37.9 Å². The molecular weight excluding hydrogens is 765 g/mol. The molecule has 0 bridgehead atoms. The number of hydrogen-bond donors (Lipinski definition) is 4. The normalized spacial score (nSPS) is 21.2. The standard InChI is InChI=1S/C45H72O12S/c1-3-5-7-9-11-13-15-17-19-21-23-25-27-29-31-33-40(46)54-35-38(36-55-45-44(50)43(49)42(48)39(57-45)37-58(51,52)53)56-41(47)34-32-30-28-26-24-22-20-18-16-14-12-10-8-6-4-2/h6,8,10-14,16-20,23,25,38-39,42-45,48-50H,3-5,7,9,15,21-22,24,26-37H2,1-2H3,(H,51,52,53)/b8-6+,12-10+,13-11+,16-14+,19-17+,20-18+,25-23+/t38-,39-,42-,43?,44?,45+/m1/s1. The summed E-state index contributed by atoms with van der Waals surface area (Å²) in [4.78, 5) is 25.3. The van der Waals surface area contributed by atoms with Gasteiger partial charge < -0.3 is 34.3 Å². The smallest absolute Gasteiger partial charge is 0.306 e. The molecule has 12 nitrogen and oxygen atoms in total. The van der Waals surface area contributed by atoms with Crippen molar-refractivity contribution in [1.29, 1.82) is 0 Å². The Morgan fingerprint density at radius 3 is 1.81 bits per heavy atom. The van der Waals surface area contributed by atoms with Gasteiger partial charge in [-0.15, -0.1) is 0 Å². The molecular formula is C45H72O12S. The minimum atomic E-state index is -4.61. The van der Waals surface area contributed by atoms with Gasteiger partial charge in [0.2, 0.25) is 0 Å². The maximum Gasteiger partial charge on any atom is 0.306 e. The van der Waals surface area contributed by atoms with Gasteiger partial charge in [0.25, 0.3) is 10.1 Å². The lowest BCUT2D eigenvalue weighted by atomic mass is 10.00. The number of aliphatic hydroxyl groups is 3. The van der Waals surface area contributed by atoms with Gasteiger partial charge in [-0.2, -0.15) is 8.42 Å². The molecule has 0 aromatic heterocycles. The van der Waals surface area contributed by atoms with Gasteiger partial charge in [-0.3, -0.25) is 14.1 Å². The number of aliphatic hydroxyl groups excluding tert-OH is 3. The fraction of sp³-hybridized carbons (Fsp3) is 0.644. The molecule has 1 saturated heterocycles. The highest BCUT2D eigenvalue weighted by Gasteiger charge is 2.46. The largest absolute Gasteiger partial charge is 0.462 e. The van der Waals surface area contributed by atoms with Crippen LogP contribution >= 0.6 is 0 Å². The van der Waals surface area contributed by atoms with E-state index in [-0.39, 0.29) is 19.4 Å². The van der Waals surface area contributed by atoms with Crippen LogP contribution in [-0.4, -0.2) is 96.0 Å². The van der Waals surface area contributed by atoms with E-state index in [2.05, 4.69) is 62.5 Å². The van der Waals surface area contributed by atoms with Gasteiger partial charge in [0.05, 0.1) is 6.61 Å². The Kier molecular flexibility index (Phi) is 31.6. The van der Waals surface area contributed by atoms with Gasteiger partial charge in [0.1, 0.15) is 36.8 Å². The van der Waals surface area contributed by atoms with Crippen LogP contribution in [0.25, 0.3) is 0 Å². The van der Waals surface area contributed by atoms with E-state index in [1.54, 1.807) is 0 Å². The average molecular weight is 837 g/mol. The topological polar surface area (TPSA) is 186 Å². The molecule has 0 aliphatic carbocycles. The number of unbranched alkanes of at least 4 members (excludes halogenated alkanes) is 10. The second-order valence-corrected chi connectivity index (χ2v) is 15.9. The molecule has 0 saturated carbocycles. The fourth-order valence-electron chi connectivity index (χ4n) is 5.75. The van der Waals surface area contributed by atoms with Crippen LogP contribution in [0.1, 0.15) is 129 Å². The molecule has 0 amide bonds. The third-order valence-corrected chi connectivity index (χ3v) is 9.80. The number of hydrogen-bond acceptors (Lipinski definition) is 11. The quantitative estimate of drug-likeness (QED) is 0.0164. The highest BCUT2D eigenvalue weighted by atomic mass is 32.2. The highest BCUT2D eigenvalue weighted by Crippen LogP contribution is 2.24. The van der Waals surface area contributed by atoms with Gasteiger partial charge >= 0.3 is 11.9 Å². The van der Waals surface area contributed by atoms with Crippen molar-refractivity contribution in [3.63, 3.8) is 0 Å². The fourth-order valence-corrected chi connectivity index (χ4v) is 6.44. The van der Waals surface area contributed by atoms with Crippen LogP contribution in [0.15, 0.2) is 85.1 Å². The summed E-state index contributed by atoms with van der Waals surface area (Å²) in [6.07, 6.45) is 34.9. The number of carbonyl (C=O) groups excluding carboxylic acids is 2. The Balaban J connectivity index is 2.54. The third kappa shape index (κ3) is 29.1. The molecule has 2 unspecified atom stereocenters. The SMILES string of the molecule is CC/C=C/C=C/C=C/C=C/CCCCCCCC(=O)O[C@H](COC(=O)CCCC/C=C/C/C=C/C/C=C/CCCCC)CO[C@H]1O[C@H](CS(=O)(=O)O)[C@@H](O)C(O)C1O. The first-order chi connectivity index (χ1) is 28.0. The second-order valence-electron chi connectivity index (χ2n) is 14.4. The first-order valence-corrected chi connectivity index (χ1v) is 22.8. The maximum absolute atomic E-state index is 12.8. The van der Waals surface area contributed by atoms with Crippen LogP contribution in [0.2, 0.25) is 0 Å². The van der Waals surface area contributed by atoms with E-state index < -0.39 is 71.2 Å². The lowest BCUT2D eigenvalue weighted by molar-refractivity contribution is -0.297. The number of esters is 2. The molecule has 1 fully saturated rings. The molecule has 1 rings (SSSR count). The summed E-state index contributed by atoms with van der Waals surface area (Å²) >= 11 is 0. The predicted molar refractivity (Wildman–Crippen MR) is 228 cm³/mol. The summed E-state index contributed by atoms with van der Waals surface area (Å²) in [5.41, 5.74) is 0. The van der Waals surface area contributed by atoms with Crippen LogP contribution in [0.3, 0.4) is 0 Å². The summed E-state index contributed by atoms with van der Waals surface area (Å²) < 4.78 is 53.9. The van der Waals surface area contributed by atoms with E-state index >= 15 is 0 Å². The first kappa shape index (κ1) is 52.8. The zero-order valence-electron chi connectivity index (χ0n) is 34.9. The number of carbonyl (C=O) groups is 2. The second kappa shape index (κ2) is 34.7. The molecule has 4 N–H and O–H groups in total. The van der Waals surface area contributed by atoms with Crippen molar-refractivity contribution in [2.45, 2.75) is 166 Å². The van der Waals surface area contributed by atoms with E-state index in [0.29, 0.717) is 12.8 Å². The van der Waals surface area contributed by atoms with Gasteiger partial charge in [0, 0.05) is 12.8 Å². The van der Waals surface area contributed by atoms with E-state index in [1.807, 2.05) is 36.5 Å². The maximum atomic E-state index is 12.8. The monoisotopic (exact) mass is 836 g/mol. The van der Waals surface area contributed by atoms with Crippen molar-refractivity contribution in [1.82, 2.24) is 0 Å². The van der Waals surface area contributed by atoms with Crippen molar-refractivity contribution in [2.24, 2.45) is 0 Å². The van der Waals surface area contributed by atoms with Crippen LogP contribution in [0.5, 0.6) is 0 Å². The zero-order valence-corrected chi connectivity index (χ0v) is 35.7. The van der Waals surface area contributed by atoms with Gasteiger partial charge in [-0.05, 0) is 70.6 Å². The van der Waals surface area contributed by atoms with Crippen molar-refractivity contribution in [3.8, 4) is 0 Å². The molecule has 6 atom stereocenters. The van der Waals surface area contributed by atoms with Crippen LogP contribution in [-0.2, 0) is 38.7 Å². The van der Waals surface area contributed by atoms with E-state index in [1.165, 1.54) is 19.3 Å². The Bertz CT molecular complexity index is 1400. The molecule has 1 heterocycles. The minimum Gasteiger partial charge on any atom is -0.462 e. The molecule has 0 spiro atoms.